The van der Waals surface area contributed by atoms with E-state index in [0.717, 1.165) is 12.1 Å². The first-order valence-electron chi connectivity index (χ1n) is 5.59. The zero-order chi connectivity index (χ0) is 14.6. The first-order valence-corrected chi connectivity index (χ1v) is 7.32. The molecule has 0 amide bonds. The molecule has 0 spiro atoms. The van der Waals surface area contributed by atoms with Crippen LogP contribution in [0.1, 0.15) is 18.1 Å². The molecule has 2 nitrogen and oxygen atoms in total. The van der Waals surface area contributed by atoms with Gasteiger partial charge in [-0.05, 0) is 24.6 Å². The Balaban J connectivity index is 2.73. The van der Waals surface area contributed by atoms with E-state index < -0.39 is 28.4 Å². The number of rotatable bonds is 5. The van der Waals surface area contributed by atoms with E-state index in [0.29, 0.717) is 11.3 Å². The normalized spacial score (nSPS) is 15.3. The molecule has 0 bridgehead atoms. The van der Waals surface area contributed by atoms with Gasteiger partial charge in [-0.1, -0.05) is 6.07 Å². The van der Waals surface area contributed by atoms with Gasteiger partial charge in [-0.25, -0.2) is 4.39 Å². The summed E-state index contributed by atoms with van der Waals surface area (Å²) in [5.74, 6) is -0.869. The molecule has 7 heteroatoms. The summed E-state index contributed by atoms with van der Waals surface area (Å²) >= 11 is 0. The van der Waals surface area contributed by atoms with E-state index in [1.807, 2.05) is 0 Å². The largest absolute Gasteiger partial charge is 0.419 e. The lowest BCUT2D eigenvalue weighted by Crippen LogP contribution is -2.30. The van der Waals surface area contributed by atoms with Gasteiger partial charge in [0.25, 0.3) is 0 Å². The van der Waals surface area contributed by atoms with E-state index in [2.05, 4.69) is 5.32 Å². The Kier molecular flexibility index (Phi) is 5.49. The Hall–Kier alpha value is -0.950. The van der Waals surface area contributed by atoms with Gasteiger partial charge in [0, 0.05) is 35.4 Å². The summed E-state index contributed by atoms with van der Waals surface area (Å²) in [6, 6.07) is 2.80. The van der Waals surface area contributed by atoms with Crippen molar-refractivity contribution in [3.63, 3.8) is 0 Å². The summed E-state index contributed by atoms with van der Waals surface area (Å²) in [4.78, 5) is 0. The van der Waals surface area contributed by atoms with E-state index in [9.17, 15) is 21.8 Å². The molecule has 0 saturated heterocycles. The molecule has 108 valence electrons. The lowest BCUT2D eigenvalue weighted by atomic mass is 10.1. The van der Waals surface area contributed by atoms with Crippen molar-refractivity contribution in [2.75, 3.05) is 12.0 Å². The standard InChI is InChI=1S/C12H15F4NOS/c1-8(7-19(2)18)17-6-9-3-4-11(13)10(5-9)12(14,15)16/h3-5,8,17H,6-7H2,1-2H3. The van der Waals surface area contributed by atoms with Crippen LogP contribution in [0.25, 0.3) is 0 Å². The second-order valence-corrected chi connectivity index (χ2v) is 5.81. The molecule has 0 fully saturated rings. The highest BCUT2D eigenvalue weighted by molar-refractivity contribution is 7.84. The number of hydrogen-bond acceptors (Lipinski definition) is 2. The highest BCUT2D eigenvalue weighted by Crippen LogP contribution is 2.31. The Morgan fingerprint density at radius 1 is 1.37 bits per heavy atom. The zero-order valence-corrected chi connectivity index (χ0v) is 11.4. The lowest BCUT2D eigenvalue weighted by molar-refractivity contribution is -0.140. The smallest absolute Gasteiger partial charge is 0.309 e. The van der Waals surface area contributed by atoms with Gasteiger partial charge in [0.1, 0.15) is 5.82 Å². The molecule has 2 unspecified atom stereocenters. The molecule has 1 rings (SSSR count). The van der Waals surface area contributed by atoms with Gasteiger partial charge in [0.2, 0.25) is 0 Å². The number of nitrogens with one attached hydrogen (secondary N) is 1. The number of benzene rings is 1. The van der Waals surface area contributed by atoms with Crippen molar-refractivity contribution in [2.45, 2.75) is 25.7 Å². The van der Waals surface area contributed by atoms with Gasteiger partial charge in [0.05, 0.1) is 5.56 Å². The summed E-state index contributed by atoms with van der Waals surface area (Å²) in [6.07, 6.45) is -3.14. The summed E-state index contributed by atoms with van der Waals surface area (Å²) in [7, 11) is -0.978. The van der Waals surface area contributed by atoms with Crippen LogP contribution >= 0.6 is 0 Å². The molecule has 0 heterocycles. The number of alkyl halides is 3. The van der Waals surface area contributed by atoms with Crippen LogP contribution in [0.3, 0.4) is 0 Å². The maximum absolute atomic E-state index is 13.1. The molecular weight excluding hydrogens is 282 g/mol. The molecule has 0 aliphatic carbocycles. The van der Waals surface area contributed by atoms with Crippen LogP contribution in [-0.2, 0) is 23.5 Å². The predicted octanol–water partition coefficient (Wildman–Crippen LogP) is 2.70. The average Bonchev–Trinajstić information content (AvgIpc) is 2.25. The molecule has 0 aliphatic rings. The van der Waals surface area contributed by atoms with Gasteiger partial charge < -0.3 is 5.32 Å². The van der Waals surface area contributed by atoms with Crippen molar-refractivity contribution in [1.82, 2.24) is 5.32 Å². The molecule has 1 aromatic carbocycles. The van der Waals surface area contributed by atoms with E-state index in [1.54, 1.807) is 13.2 Å². The van der Waals surface area contributed by atoms with Crippen LogP contribution in [0.4, 0.5) is 17.6 Å². The second kappa shape index (κ2) is 6.47. The van der Waals surface area contributed by atoms with Gasteiger partial charge in [-0.2, -0.15) is 13.2 Å². The lowest BCUT2D eigenvalue weighted by Gasteiger charge is -2.14. The highest BCUT2D eigenvalue weighted by Gasteiger charge is 2.34. The molecule has 1 aromatic rings. The fourth-order valence-electron chi connectivity index (χ4n) is 1.60. The molecule has 0 aliphatic heterocycles. The number of halogens is 4. The Morgan fingerprint density at radius 2 is 2.00 bits per heavy atom. The van der Waals surface area contributed by atoms with Crippen LogP contribution in [0, 0.1) is 5.82 Å². The minimum Gasteiger partial charge on any atom is -0.309 e. The maximum Gasteiger partial charge on any atom is 0.419 e. The van der Waals surface area contributed by atoms with Gasteiger partial charge in [-0.15, -0.1) is 0 Å². The fraction of sp³-hybridized carbons (Fsp3) is 0.500. The third kappa shape index (κ3) is 5.28. The van der Waals surface area contributed by atoms with Crippen molar-refractivity contribution >= 4 is 10.8 Å². The molecule has 1 N–H and O–H groups in total. The van der Waals surface area contributed by atoms with Crippen LogP contribution < -0.4 is 5.32 Å². The Labute approximate surface area is 111 Å². The minimum absolute atomic E-state index is 0.0924. The van der Waals surface area contributed by atoms with E-state index in [4.69, 9.17) is 0 Å². The third-order valence-electron chi connectivity index (χ3n) is 2.48. The zero-order valence-electron chi connectivity index (χ0n) is 10.6. The van der Waals surface area contributed by atoms with Crippen molar-refractivity contribution in [3.8, 4) is 0 Å². The SMILES string of the molecule is CC(CS(C)=O)NCc1ccc(F)c(C(F)(F)F)c1. The fourth-order valence-corrected chi connectivity index (χ4v) is 2.42. The highest BCUT2D eigenvalue weighted by atomic mass is 32.2. The predicted molar refractivity (Wildman–Crippen MR) is 66.6 cm³/mol. The van der Waals surface area contributed by atoms with Gasteiger partial charge in [0.15, 0.2) is 0 Å². The van der Waals surface area contributed by atoms with Crippen LogP contribution in [0.5, 0.6) is 0 Å². The molecule has 2 atom stereocenters. The summed E-state index contributed by atoms with van der Waals surface area (Å²) in [5.41, 5.74) is -0.930. The van der Waals surface area contributed by atoms with Gasteiger partial charge in [-0.3, -0.25) is 4.21 Å². The monoisotopic (exact) mass is 297 g/mol. The summed E-state index contributed by atoms with van der Waals surface area (Å²) in [6.45, 7) is 1.96. The molecule has 0 radical (unpaired) electrons. The quantitative estimate of drug-likeness (QED) is 0.847. The summed E-state index contributed by atoms with van der Waals surface area (Å²) in [5, 5.41) is 2.95. The third-order valence-corrected chi connectivity index (χ3v) is 3.44. The van der Waals surface area contributed by atoms with Crippen LogP contribution in [0.2, 0.25) is 0 Å². The van der Waals surface area contributed by atoms with Crippen molar-refractivity contribution in [2.24, 2.45) is 0 Å². The van der Waals surface area contributed by atoms with Crippen LogP contribution in [0.15, 0.2) is 18.2 Å². The second-order valence-electron chi connectivity index (χ2n) is 4.33. The van der Waals surface area contributed by atoms with Gasteiger partial charge >= 0.3 is 6.18 Å². The first-order chi connectivity index (χ1) is 8.70. The topological polar surface area (TPSA) is 29.1 Å². The minimum atomic E-state index is -4.70. The molecule has 0 aromatic heterocycles. The van der Waals surface area contributed by atoms with E-state index in [-0.39, 0.29) is 12.6 Å². The molecule has 0 saturated carbocycles. The maximum atomic E-state index is 13.1. The van der Waals surface area contributed by atoms with Crippen molar-refractivity contribution in [3.05, 3.63) is 35.1 Å². The average molecular weight is 297 g/mol. The van der Waals surface area contributed by atoms with E-state index in [1.165, 1.54) is 6.07 Å². The molecular formula is C12H15F4NOS. The summed E-state index contributed by atoms with van der Waals surface area (Å²) < 4.78 is 61.5. The first kappa shape index (κ1) is 16.1. The van der Waals surface area contributed by atoms with Crippen LogP contribution in [-0.4, -0.2) is 22.3 Å². The van der Waals surface area contributed by atoms with Crippen molar-refractivity contribution < 1.29 is 21.8 Å². The molecule has 19 heavy (non-hydrogen) atoms. The Morgan fingerprint density at radius 3 is 2.53 bits per heavy atom. The Bertz CT molecular complexity index is 462. The van der Waals surface area contributed by atoms with E-state index >= 15 is 0 Å². The number of hydrogen-bond donors (Lipinski definition) is 1. The van der Waals surface area contributed by atoms with Crippen molar-refractivity contribution in [1.29, 1.82) is 0 Å².